The lowest BCUT2D eigenvalue weighted by Crippen LogP contribution is -2.64. The molecule has 2 aromatic rings. The van der Waals surface area contributed by atoms with E-state index in [1.165, 1.54) is 24.1 Å². The molecule has 2 aliphatic carbocycles. The van der Waals surface area contributed by atoms with Crippen molar-refractivity contribution in [3.05, 3.63) is 77.1 Å². The molecule has 7 nitrogen and oxygen atoms in total. The van der Waals surface area contributed by atoms with Gasteiger partial charge in [-0.3, -0.25) is 19.0 Å². The molecule has 0 aliphatic heterocycles. The zero-order chi connectivity index (χ0) is 34.0. The van der Waals surface area contributed by atoms with Gasteiger partial charge in [-0.05, 0) is 58.9 Å². The van der Waals surface area contributed by atoms with E-state index in [9.17, 15) is 27.6 Å². The number of carbonyl (C=O) groups is 2. The van der Waals surface area contributed by atoms with Crippen molar-refractivity contribution >= 4 is 48.4 Å². The van der Waals surface area contributed by atoms with Crippen LogP contribution < -0.4 is 16.2 Å². The highest BCUT2D eigenvalue weighted by atomic mass is 127. The topological polar surface area (TPSA) is 89.4 Å². The van der Waals surface area contributed by atoms with Crippen LogP contribution in [0.4, 0.5) is 18.9 Å². The van der Waals surface area contributed by atoms with Crippen molar-refractivity contribution in [1.29, 1.82) is 0 Å². The Bertz CT molecular complexity index is 1570. The van der Waals surface area contributed by atoms with Crippen LogP contribution in [0.2, 0.25) is 18.1 Å². The first-order chi connectivity index (χ1) is 20.7. The van der Waals surface area contributed by atoms with Gasteiger partial charge in [-0.2, -0.15) is 13.2 Å². The molecule has 1 aromatic heterocycles. The molecule has 0 bridgehead atoms. The minimum absolute atomic E-state index is 0.0472. The maximum absolute atomic E-state index is 14.5. The Morgan fingerprint density at radius 3 is 1.91 bits per heavy atom. The summed E-state index contributed by atoms with van der Waals surface area (Å²) in [6, 6.07) is 20.3. The molecule has 1 heterocycles. The summed E-state index contributed by atoms with van der Waals surface area (Å²) in [5.74, 6) is -1.96. The number of rotatable bonds is 9. The van der Waals surface area contributed by atoms with Gasteiger partial charge in [-0.1, -0.05) is 106 Å². The quantitative estimate of drug-likeness (QED) is 0.0785. The van der Waals surface area contributed by atoms with Gasteiger partial charge >= 0.3 is 6.18 Å². The molecule has 2 aliphatic rings. The minimum atomic E-state index is -4.77. The van der Waals surface area contributed by atoms with Gasteiger partial charge in [0, 0.05) is 6.92 Å². The van der Waals surface area contributed by atoms with Crippen LogP contribution in [0.3, 0.4) is 0 Å². The van der Waals surface area contributed by atoms with Crippen LogP contribution in [0.5, 0.6) is 0 Å². The number of halogens is 4. The van der Waals surface area contributed by atoms with E-state index in [1.807, 2.05) is 20.8 Å². The third kappa shape index (κ3) is 9.06. The second kappa shape index (κ2) is 13.8. The van der Waals surface area contributed by atoms with Crippen LogP contribution in [0.25, 0.3) is 22.4 Å². The van der Waals surface area contributed by atoms with Crippen LogP contribution in [0, 0.1) is 5.92 Å². The van der Waals surface area contributed by atoms with E-state index in [0.29, 0.717) is 11.3 Å². The van der Waals surface area contributed by atoms with Crippen LogP contribution in [0.15, 0.2) is 71.5 Å². The lowest BCUT2D eigenvalue weighted by Gasteiger charge is -2.46. The van der Waals surface area contributed by atoms with Crippen molar-refractivity contribution in [3.8, 4) is 22.4 Å². The van der Waals surface area contributed by atoms with E-state index in [4.69, 9.17) is 4.43 Å². The van der Waals surface area contributed by atoms with E-state index in [2.05, 4.69) is 34.9 Å². The van der Waals surface area contributed by atoms with Crippen LogP contribution in [0.1, 0.15) is 41.5 Å². The number of amides is 2. The van der Waals surface area contributed by atoms with Gasteiger partial charge in [0.25, 0.3) is 5.56 Å². The predicted molar refractivity (Wildman–Crippen MR) is 184 cm³/mol. The van der Waals surface area contributed by atoms with Crippen molar-refractivity contribution in [2.75, 3.05) is 5.32 Å². The number of aromatic nitrogens is 1. The summed E-state index contributed by atoms with van der Waals surface area (Å²) in [6.07, 6.45) is -7.06. The number of alkyl halides is 4. The Labute approximate surface area is 277 Å². The average Bonchev–Trinajstić information content (AvgIpc) is 3.52. The largest absolute Gasteiger partial charge is 0.416 e. The van der Waals surface area contributed by atoms with E-state index in [-0.39, 0.29) is 5.69 Å². The number of benzene rings is 2. The lowest BCUT2D eigenvalue weighted by molar-refractivity contribution is -0.212. The van der Waals surface area contributed by atoms with E-state index in [0.717, 1.165) is 4.57 Å². The Morgan fingerprint density at radius 2 is 1.49 bits per heavy atom. The predicted octanol–water partition coefficient (Wildman–Crippen LogP) is 8.00. The summed E-state index contributed by atoms with van der Waals surface area (Å²) >= 11 is 1.63. The second-order valence-corrected chi connectivity index (χ2v) is 19.5. The Hall–Kier alpha value is -2.97. The Kier molecular flexibility index (Phi) is 11.2. The first kappa shape index (κ1) is 36.5. The number of carbonyl (C=O) groups excluding carboxylic acids is 2. The monoisotopic (exact) mass is 755 g/mol. The van der Waals surface area contributed by atoms with Crippen molar-refractivity contribution < 1.29 is 27.2 Å². The van der Waals surface area contributed by atoms with Gasteiger partial charge in [0.05, 0.1) is 5.69 Å². The highest BCUT2D eigenvalue weighted by molar-refractivity contribution is 14.1. The normalized spacial score (nSPS) is 14.5. The zero-order valence-electron chi connectivity index (χ0n) is 26.8. The fourth-order valence-corrected chi connectivity index (χ4v) is 6.61. The van der Waals surface area contributed by atoms with Gasteiger partial charge in [-0.15, -0.1) is 0 Å². The summed E-state index contributed by atoms with van der Waals surface area (Å²) in [5.41, 5.74) is 3.14. The third-order valence-corrected chi connectivity index (χ3v) is 14.6. The molecule has 0 spiro atoms. The Balaban J connectivity index is 0.000000804. The van der Waals surface area contributed by atoms with Gasteiger partial charge in [0.15, 0.2) is 14.4 Å². The highest BCUT2D eigenvalue weighted by Crippen LogP contribution is 2.46. The lowest BCUT2D eigenvalue weighted by atomic mass is 9.97. The molecule has 244 valence electrons. The van der Waals surface area contributed by atoms with E-state index in [1.54, 1.807) is 85.9 Å². The molecule has 2 unspecified atom stereocenters. The van der Waals surface area contributed by atoms with Crippen molar-refractivity contribution in [1.82, 2.24) is 9.88 Å². The summed E-state index contributed by atoms with van der Waals surface area (Å²) < 4.78 is 48.8. The molecular weight excluding hydrogens is 714 g/mol. The van der Waals surface area contributed by atoms with Gasteiger partial charge in [0.1, 0.15) is 15.8 Å². The standard InChI is InChI=1S/C27H37F3IN3O4Si.C6H4/c1-17(2)26(31,24(27(28,29)30)38-39(7,8)25(4,5)6)33-22(36)16-34-21(19-12-10-9-11-13-19)15-14-20(23(34)37)32-18(3)35;1-2-5-4-6(5)3-1/h9-15,17,24H,16H2,1-8H3,(H,32,35)(H,33,36);1-4H. The maximum Gasteiger partial charge on any atom is 0.416 e. The molecule has 2 amide bonds. The van der Waals surface area contributed by atoms with Crippen molar-refractivity contribution in [2.45, 2.75) is 82.0 Å². The molecule has 2 N–H and O–H groups in total. The van der Waals surface area contributed by atoms with Gasteiger partial charge in [0.2, 0.25) is 11.8 Å². The van der Waals surface area contributed by atoms with E-state index >= 15 is 0 Å². The second-order valence-electron chi connectivity index (χ2n) is 12.9. The molecule has 0 saturated carbocycles. The van der Waals surface area contributed by atoms with Crippen LogP contribution in [-0.2, 0) is 20.6 Å². The first-order valence-electron chi connectivity index (χ1n) is 14.6. The zero-order valence-corrected chi connectivity index (χ0v) is 30.0. The summed E-state index contributed by atoms with van der Waals surface area (Å²) in [4.78, 5) is 38.3. The SMILES string of the molecule is CC(=O)Nc1ccc(-c2ccccc2)n(CC(=O)NC(I)(C(C)C)C(O[Si](C)(C)C(C)(C)C)C(F)(F)F)c1=O.c1cc2cc-2c1. The molecule has 45 heavy (non-hydrogen) atoms. The fourth-order valence-electron chi connectivity index (χ4n) is 4.33. The number of pyridine rings is 1. The number of hydrogen-bond acceptors (Lipinski definition) is 4. The molecule has 4 rings (SSSR count). The first-order valence-corrected chi connectivity index (χ1v) is 18.6. The number of hydrogen-bond donors (Lipinski definition) is 2. The fraction of sp³-hybridized carbons (Fsp3) is 0.424. The molecule has 0 radical (unpaired) electrons. The third-order valence-electron chi connectivity index (χ3n) is 8.04. The molecule has 0 saturated heterocycles. The summed E-state index contributed by atoms with van der Waals surface area (Å²) in [7, 11) is -2.92. The molecule has 12 heteroatoms. The van der Waals surface area contributed by atoms with Crippen LogP contribution in [-0.4, -0.2) is 40.5 Å². The highest BCUT2D eigenvalue weighted by Gasteiger charge is 2.58. The molecule has 2 atom stereocenters. The number of anilines is 1. The molecule has 0 fully saturated rings. The summed E-state index contributed by atoms with van der Waals surface area (Å²) in [6.45, 7) is 12.8. The van der Waals surface area contributed by atoms with Gasteiger partial charge in [-0.25, -0.2) is 0 Å². The average molecular weight is 756 g/mol. The number of fused-ring (bicyclic) bond motifs is 1. The number of nitrogens with zero attached hydrogens (tertiary/aromatic N) is 1. The number of nitrogens with one attached hydrogen (secondary N) is 2. The minimum Gasteiger partial charge on any atom is -0.403 e. The van der Waals surface area contributed by atoms with Crippen LogP contribution >= 0.6 is 22.6 Å². The van der Waals surface area contributed by atoms with Crippen molar-refractivity contribution in [3.63, 3.8) is 0 Å². The van der Waals surface area contributed by atoms with Gasteiger partial charge < -0.3 is 15.1 Å². The van der Waals surface area contributed by atoms with Crippen molar-refractivity contribution in [2.24, 2.45) is 5.92 Å². The van der Waals surface area contributed by atoms with E-state index < -0.39 is 59.0 Å². The maximum atomic E-state index is 14.5. The molecular formula is C33H41F3IN3O4Si. The molecule has 1 aromatic carbocycles. The Morgan fingerprint density at radius 1 is 0.933 bits per heavy atom. The summed E-state index contributed by atoms with van der Waals surface area (Å²) in [5, 5.41) is 4.50. The smallest absolute Gasteiger partial charge is 0.403 e.